The number of nitrogens with zero attached hydrogens (tertiary/aromatic N) is 2. The molecule has 4 rings (SSSR count). The molecule has 0 bridgehead atoms. The van der Waals surface area contributed by atoms with Crippen LogP contribution in [-0.2, 0) is 24.2 Å². The Morgan fingerprint density at radius 3 is 2.30 bits per heavy atom. The third-order valence-corrected chi connectivity index (χ3v) is 7.68. The molecular weight excluding hydrogens is 494 g/mol. The number of carbonyl (C=O) groups is 1. The van der Waals surface area contributed by atoms with Crippen LogP contribution in [0.15, 0.2) is 72.8 Å². The Hall–Kier alpha value is -3.70. The van der Waals surface area contributed by atoms with Gasteiger partial charge in [0.2, 0.25) is 0 Å². The normalized spacial score (nSPS) is 12.1. The number of benzene rings is 3. The van der Waals surface area contributed by atoms with E-state index in [2.05, 4.69) is 93.0 Å². The molecule has 0 saturated heterocycles. The van der Waals surface area contributed by atoms with Crippen molar-refractivity contribution in [1.82, 2.24) is 14.9 Å². The number of unbranched alkanes of at least 4 members (excludes halogenated alkanes) is 1. The second-order valence-corrected chi connectivity index (χ2v) is 11.0. The molecule has 1 aromatic heterocycles. The number of hydrogen-bond donors (Lipinski definition) is 1. The lowest BCUT2D eigenvalue weighted by molar-refractivity contribution is 0.0600. The molecule has 1 unspecified atom stereocenters. The Morgan fingerprint density at radius 2 is 1.68 bits per heavy atom. The summed E-state index contributed by atoms with van der Waals surface area (Å²) in [6.07, 6.45) is 3.09. The van der Waals surface area contributed by atoms with Crippen molar-refractivity contribution in [2.75, 3.05) is 7.11 Å². The van der Waals surface area contributed by atoms with Crippen LogP contribution >= 0.6 is 0 Å². The average molecular weight is 538 g/mol. The fourth-order valence-electron chi connectivity index (χ4n) is 5.10. The van der Waals surface area contributed by atoms with Crippen molar-refractivity contribution in [2.45, 2.75) is 73.0 Å². The highest BCUT2D eigenvalue weighted by molar-refractivity contribution is 5.89. The van der Waals surface area contributed by atoms with E-state index in [1.165, 1.54) is 29.5 Å². The van der Waals surface area contributed by atoms with Gasteiger partial charge in [-0.1, -0.05) is 93.4 Å². The van der Waals surface area contributed by atoms with Gasteiger partial charge in [0, 0.05) is 42.4 Å². The van der Waals surface area contributed by atoms with E-state index in [9.17, 15) is 4.79 Å². The van der Waals surface area contributed by atoms with Gasteiger partial charge in [-0.15, -0.1) is 0 Å². The summed E-state index contributed by atoms with van der Waals surface area (Å²) in [5.74, 6) is 1.16. The summed E-state index contributed by atoms with van der Waals surface area (Å²) in [5.41, 5.74) is 8.89. The monoisotopic (exact) mass is 537 g/mol. The van der Waals surface area contributed by atoms with Crippen LogP contribution in [0.2, 0.25) is 0 Å². The number of imidazole rings is 1. The molecule has 210 valence electrons. The number of esters is 1. The second kappa shape index (κ2) is 13.6. The van der Waals surface area contributed by atoms with Gasteiger partial charge in [0.25, 0.3) is 0 Å². The minimum absolute atomic E-state index is 0.242. The van der Waals surface area contributed by atoms with Crippen molar-refractivity contribution in [3.05, 3.63) is 101 Å². The molecular formula is C35H43N3O2. The largest absolute Gasteiger partial charge is 0.465 e. The van der Waals surface area contributed by atoms with Crippen LogP contribution in [0.4, 0.5) is 0 Å². The van der Waals surface area contributed by atoms with E-state index in [1.54, 1.807) is 0 Å². The summed E-state index contributed by atoms with van der Waals surface area (Å²) in [6.45, 7) is 12.8. The van der Waals surface area contributed by atoms with E-state index in [0.717, 1.165) is 55.0 Å². The second-order valence-electron chi connectivity index (χ2n) is 11.0. The zero-order valence-electron chi connectivity index (χ0n) is 24.8. The highest BCUT2D eigenvalue weighted by Gasteiger charge is 2.24. The van der Waals surface area contributed by atoms with Gasteiger partial charge in [0.1, 0.15) is 5.82 Å². The summed E-state index contributed by atoms with van der Waals surface area (Å²) in [7, 11) is 1.41. The maximum absolute atomic E-state index is 11.8. The zero-order valence-corrected chi connectivity index (χ0v) is 24.8. The standard InChI is InChI=1S/C35H43N3O2/c1-7-8-21-38-32(22-31(24(2)3)36-23-27-15-19-29(20-16-27)35(39)40-6)33(28-17-13-25(4)14-18-28)37-34(38)30-12-10-9-11-26(30)5/h9-20,24,31,36H,7-8,21-23H2,1-6H3. The number of aromatic nitrogens is 2. The predicted molar refractivity (Wildman–Crippen MR) is 164 cm³/mol. The lowest BCUT2D eigenvalue weighted by atomic mass is 9.96. The molecule has 1 atom stereocenters. The van der Waals surface area contributed by atoms with Crippen LogP contribution < -0.4 is 5.32 Å². The number of carbonyl (C=O) groups excluding carboxylic acids is 1. The summed E-state index contributed by atoms with van der Waals surface area (Å²) in [6, 6.07) is 25.2. The first-order valence-corrected chi connectivity index (χ1v) is 14.4. The summed E-state index contributed by atoms with van der Waals surface area (Å²) in [4.78, 5) is 17.2. The van der Waals surface area contributed by atoms with Gasteiger partial charge in [-0.3, -0.25) is 0 Å². The van der Waals surface area contributed by atoms with Gasteiger partial charge >= 0.3 is 5.97 Å². The molecule has 1 heterocycles. The van der Waals surface area contributed by atoms with E-state index in [-0.39, 0.29) is 12.0 Å². The van der Waals surface area contributed by atoms with Crippen molar-refractivity contribution >= 4 is 5.97 Å². The number of ether oxygens (including phenoxy) is 1. The summed E-state index contributed by atoms with van der Waals surface area (Å²) in [5, 5.41) is 3.82. The van der Waals surface area contributed by atoms with Crippen LogP contribution in [0, 0.1) is 19.8 Å². The minimum atomic E-state index is -0.312. The van der Waals surface area contributed by atoms with Crippen molar-refractivity contribution in [3.63, 3.8) is 0 Å². The van der Waals surface area contributed by atoms with Crippen LogP contribution in [0.25, 0.3) is 22.6 Å². The number of aryl methyl sites for hydroxylation is 2. The summed E-state index contributed by atoms with van der Waals surface area (Å²) < 4.78 is 7.32. The molecule has 40 heavy (non-hydrogen) atoms. The molecule has 0 aliphatic heterocycles. The van der Waals surface area contributed by atoms with E-state index in [1.807, 2.05) is 24.3 Å². The molecule has 5 nitrogen and oxygen atoms in total. The Labute approximate surface area is 239 Å². The highest BCUT2D eigenvalue weighted by Crippen LogP contribution is 2.33. The van der Waals surface area contributed by atoms with E-state index >= 15 is 0 Å². The molecule has 0 aliphatic rings. The Balaban J connectivity index is 1.72. The zero-order chi connectivity index (χ0) is 28.6. The van der Waals surface area contributed by atoms with Crippen LogP contribution in [0.1, 0.15) is 66.4 Å². The molecule has 0 saturated carbocycles. The SMILES string of the molecule is CCCCn1c(-c2ccccc2C)nc(-c2ccc(C)cc2)c1CC(NCc1ccc(C(=O)OC)cc1)C(C)C. The highest BCUT2D eigenvalue weighted by atomic mass is 16.5. The molecule has 1 N–H and O–H groups in total. The maximum Gasteiger partial charge on any atom is 0.337 e. The number of methoxy groups -OCH3 is 1. The smallest absolute Gasteiger partial charge is 0.337 e. The Kier molecular flexibility index (Phi) is 9.94. The lowest BCUT2D eigenvalue weighted by Gasteiger charge is -2.24. The minimum Gasteiger partial charge on any atom is -0.465 e. The van der Waals surface area contributed by atoms with Gasteiger partial charge in [-0.05, 0) is 49.4 Å². The molecule has 0 spiro atoms. The molecule has 0 amide bonds. The third-order valence-electron chi connectivity index (χ3n) is 7.68. The summed E-state index contributed by atoms with van der Waals surface area (Å²) >= 11 is 0. The van der Waals surface area contributed by atoms with Crippen molar-refractivity contribution in [2.24, 2.45) is 5.92 Å². The van der Waals surface area contributed by atoms with Crippen molar-refractivity contribution in [3.8, 4) is 22.6 Å². The van der Waals surface area contributed by atoms with Crippen LogP contribution in [-0.4, -0.2) is 28.7 Å². The number of nitrogens with one attached hydrogen (secondary N) is 1. The quantitative estimate of drug-likeness (QED) is 0.188. The molecule has 5 heteroatoms. The molecule has 0 radical (unpaired) electrons. The maximum atomic E-state index is 11.8. The van der Waals surface area contributed by atoms with E-state index < -0.39 is 0 Å². The Bertz CT molecular complexity index is 1400. The van der Waals surface area contributed by atoms with Gasteiger partial charge < -0.3 is 14.6 Å². The van der Waals surface area contributed by atoms with Gasteiger partial charge in [-0.2, -0.15) is 0 Å². The predicted octanol–water partition coefficient (Wildman–Crippen LogP) is 7.78. The fraction of sp³-hybridized carbons (Fsp3) is 0.371. The lowest BCUT2D eigenvalue weighted by Crippen LogP contribution is -2.36. The molecule has 0 fully saturated rings. The van der Waals surface area contributed by atoms with Crippen molar-refractivity contribution in [1.29, 1.82) is 0 Å². The molecule has 4 aromatic rings. The first-order chi connectivity index (χ1) is 19.3. The van der Waals surface area contributed by atoms with Crippen LogP contribution in [0.5, 0.6) is 0 Å². The van der Waals surface area contributed by atoms with Gasteiger partial charge in [0.15, 0.2) is 0 Å². The first-order valence-electron chi connectivity index (χ1n) is 14.4. The molecule has 3 aromatic carbocycles. The van der Waals surface area contributed by atoms with Gasteiger partial charge in [0.05, 0.1) is 18.4 Å². The third kappa shape index (κ3) is 6.89. The topological polar surface area (TPSA) is 56.2 Å². The van der Waals surface area contributed by atoms with E-state index in [0.29, 0.717) is 11.5 Å². The number of rotatable bonds is 12. The van der Waals surface area contributed by atoms with Crippen LogP contribution in [0.3, 0.4) is 0 Å². The first kappa shape index (κ1) is 29.3. The Morgan fingerprint density at radius 1 is 0.975 bits per heavy atom. The number of hydrogen-bond acceptors (Lipinski definition) is 4. The van der Waals surface area contributed by atoms with Crippen molar-refractivity contribution < 1.29 is 9.53 Å². The molecule has 0 aliphatic carbocycles. The van der Waals surface area contributed by atoms with Gasteiger partial charge in [-0.25, -0.2) is 9.78 Å². The average Bonchev–Trinajstić information content (AvgIpc) is 3.31. The van der Waals surface area contributed by atoms with E-state index in [4.69, 9.17) is 9.72 Å². The fourth-order valence-corrected chi connectivity index (χ4v) is 5.10.